The maximum atomic E-state index is 6.25. The Morgan fingerprint density at radius 3 is 2.36 bits per heavy atom. The lowest BCUT2D eigenvalue weighted by molar-refractivity contribution is 0.595. The monoisotopic (exact) mass is 565 g/mol. The van der Waals surface area contributed by atoms with Gasteiger partial charge in [0.05, 0.1) is 0 Å². The molecule has 0 fully saturated rings. The summed E-state index contributed by atoms with van der Waals surface area (Å²) >= 11 is 0. The molecule has 0 saturated carbocycles. The molecule has 1 heterocycles. The van der Waals surface area contributed by atoms with Gasteiger partial charge in [0.2, 0.25) is 0 Å². The molecule has 2 nitrogen and oxygen atoms in total. The van der Waals surface area contributed by atoms with Gasteiger partial charge < -0.3 is 9.32 Å². The first kappa shape index (κ1) is 24.4. The number of anilines is 3. The summed E-state index contributed by atoms with van der Waals surface area (Å²) in [5.41, 5.74) is 20.1. The van der Waals surface area contributed by atoms with E-state index < -0.39 is 0 Å². The SMILES string of the molecule is C1=CC2=C(CC1)C1=C3CCC=C1c1ccc(N(c4ccccc4)c4ccc5oc6c(c5c4)CCC=C6)cc1-c1c2cccc13. The fourth-order valence-corrected chi connectivity index (χ4v) is 8.35. The molecule has 1 aromatic heterocycles. The van der Waals surface area contributed by atoms with Crippen molar-refractivity contribution in [2.45, 2.75) is 38.5 Å². The zero-order chi connectivity index (χ0) is 28.8. The first-order chi connectivity index (χ1) is 21.8. The van der Waals surface area contributed by atoms with Crippen LogP contribution < -0.4 is 4.90 Å². The van der Waals surface area contributed by atoms with E-state index in [1.807, 2.05) is 0 Å². The number of aryl methyl sites for hydroxylation is 1. The van der Waals surface area contributed by atoms with Crippen LogP contribution in [-0.4, -0.2) is 0 Å². The first-order valence-electron chi connectivity index (χ1n) is 16.0. The summed E-state index contributed by atoms with van der Waals surface area (Å²) in [5.74, 6) is 1.01. The van der Waals surface area contributed by atoms with Crippen molar-refractivity contribution in [1.29, 1.82) is 0 Å². The molecular formula is C42H31NO. The number of hydrogen-bond acceptors (Lipinski definition) is 2. The Hall–Kier alpha value is -5.08. The Bertz CT molecular complexity index is 2220. The van der Waals surface area contributed by atoms with Crippen LogP contribution in [0, 0.1) is 0 Å². The van der Waals surface area contributed by atoms with E-state index in [-0.39, 0.29) is 0 Å². The lowest BCUT2D eigenvalue weighted by Gasteiger charge is -2.29. The minimum Gasteiger partial charge on any atom is -0.456 e. The van der Waals surface area contributed by atoms with Crippen molar-refractivity contribution in [3.8, 4) is 11.1 Å². The largest absolute Gasteiger partial charge is 0.456 e. The summed E-state index contributed by atoms with van der Waals surface area (Å²) in [5, 5.41) is 1.22. The zero-order valence-electron chi connectivity index (χ0n) is 24.6. The van der Waals surface area contributed by atoms with Gasteiger partial charge in [-0.1, -0.05) is 66.8 Å². The highest BCUT2D eigenvalue weighted by Gasteiger charge is 2.35. The van der Waals surface area contributed by atoms with Crippen LogP contribution in [0.4, 0.5) is 17.1 Å². The quantitative estimate of drug-likeness (QED) is 0.216. The van der Waals surface area contributed by atoms with E-state index >= 15 is 0 Å². The normalized spacial score (nSPS) is 17.2. The summed E-state index contributed by atoms with van der Waals surface area (Å²) < 4.78 is 6.25. The number of benzene rings is 4. The van der Waals surface area contributed by atoms with Crippen LogP contribution >= 0.6 is 0 Å². The molecule has 0 unspecified atom stereocenters. The molecule has 0 aliphatic heterocycles. The lowest BCUT2D eigenvalue weighted by Crippen LogP contribution is -2.11. The highest BCUT2D eigenvalue weighted by molar-refractivity contribution is 6.12. The minimum absolute atomic E-state index is 0.963. The van der Waals surface area contributed by atoms with Crippen molar-refractivity contribution >= 4 is 50.8 Å². The second-order valence-corrected chi connectivity index (χ2v) is 12.5. The van der Waals surface area contributed by atoms with Crippen LogP contribution in [0.1, 0.15) is 60.1 Å². The van der Waals surface area contributed by atoms with Gasteiger partial charge in [-0.3, -0.25) is 0 Å². The molecule has 4 aromatic carbocycles. The van der Waals surface area contributed by atoms with Crippen LogP contribution in [0.15, 0.2) is 125 Å². The summed E-state index contributed by atoms with van der Waals surface area (Å²) in [6.07, 6.45) is 18.1. The number of fused-ring (bicyclic) bond motifs is 6. The average Bonchev–Trinajstić information content (AvgIpc) is 3.41. The van der Waals surface area contributed by atoms with Gasteiger partial charge in [0.15, 0.2) is 0 Å². The third-order valence-corrected chi connectivity index (χ3v) is 10.2. The van der Waals surface area contributed by atoms with Gasteiger partial charge in [-0.05, 0) is 143 Å². The molecule has 10 rings (SSSR count). The zero-order valence-corrected chi connectivity index (χ0v) is 24.6. The highest BCUT2D eigenvalue weighted by Crippen LogP contribution is 2.57. The molecule has 0 saturated heterocycles. The Balaban J connectivity index is 1.23. The fraction of sp³-hybridized carbons (Fsp3) is 0.143. The topological polar surface area (TPSA) is 16.4 Å². The molecule has 2 heteroatoms. The summed E-state index contributed by atoms with van der Waals surface area (Å²) in [7, 11) is 0. The van der Waals surface area contributed by atoms with Crippen molar-refractivity contribution in [2.24, 2.45) is 0 Å². The van der Waals surface area contributed by atoms with E-state index in [4.69, 9.17) is 4.42 Å². The lowest BCUT2D eigenvalue weighted by atomic mass is 9.77. The molecule has 5 aliphatic carbocycles. The Labute approximate surface area is 257 Å². The minimum atomic E-state index is 0.963. The predicted octanol–water partition coefficient (Wildman–Crippen LogP) is 11.6. The van der Waals surface area contributed by atoms with E-state index in [0.717, 1.165) is 61.2 Å². The van der Waals surface area contributed by atoms with Crippen molar-refractivity contribution in [3.63, 3.8) is 0 Å². The molecule has 6 bridgehead atoms. The predicted molar refractivity (Wildman–Crippen MR) is 183 cm³/mol. The molecule has 0 spiro atoms. The fourth-order valence-electron chi connectivity index (χ4n) is 8.35. The van der Waals surface area contributed by atoms with Crippen LogP contribution in [0.3, 0.4) is 0 Å². The Morgan fingerprint density at radius 1 is 0.591 bits per heavy atom. The summed E-state index contributed by atoms with van der Waals surface area (Å²) in [6, 6.07) is 31.7. The molecule has 0 atom stereocenters. The van der Waals surface area contributed by atoms with Gasteiger partial charge in [-0.2, -0.15) is 0 Å². The average molecular weight is 566 g/mol. The third kappa shape index (κ3) is 3.37. The van der Waals surface area contributed by atoms with Gasteiger partial charge in [-0.15, -0.1) is 0 Å². The third-order valence-electron chi connectivity index (χ3n) is 10.2. The van der Waals surface area contributed by atoms with Gasteiger partial charge in [0, 0.05) is 28.0 Å². The van der Waals surface area contributed by atoms with Crippen molar-refractivity contribution in [1.82, 2.24) is 0 Å². The van der Waals surface area contributed by atoms with Gasteiger partial charge in [0.25, 0.3) is 0 Å². The second-order valence-electron chi connectivity index (χ2n) is 12.5. The standard InChI is InChI=1S/C42H31NO/c1-2-10-26(11-3-1)43(28-21-23-40-37(24-28)31-13-6-7-19-39(31)44-40)27-20-22-30-34-16-9-17-35-36-18-8-15-33(42(36)38(30)25-27)29-12-4-5-14-32(29)41(34)35/h1-4,7-8,10-12,15-16,18-25H,5-6,9,13-14,17H2. The number of allylic oxidation sites excluding steroid dienone is 9. The molecule has 210 valence electrons. The number of rotatable bonds is 3. The summed E-state index contributed by atoms with van der Waals surface area (Å²) in [6.45, 7) is 0. The Morgan fingerprint density at radius 2 is 1.41 bits per heavy atom. The maximum absolute atomic E-state index is 6.25. The molecule has 0 radical (unpaired) electrons. The molecule has 0 amide bonds. The molecule has 5 aliphatic rings. The van der Waals surface area contributed by atoms with Crippen LogP contribution in [-0.2, 0) is 6.42 Å². The maximum Gasteiger partial charge on any atom is 0.135 e. The highest BCUT2D eigenvalue weighted by atomic mass is 16.3. The van der Waals surface area contributed by atoms with Gasteiger partial charge in [0.1, 0.15) is 11.3 Å². The van der Waals surface area contributed by atoms with Gasteiger partial charge in [-0.25, -0.2) is 0 Å². The number of para-hydroxylation sites is 1. The summed E-state index contributed by atoms with van der Waals surface area (Å²) in [4.78, 5) is 2.42. The number of nitrogens with zero attached hydrogens (tertiary/aromatic N) is 1. The van der Waals surface area contributed by atoms with Crippen molar-refractivity contribution in [2.75, 3.05) is 4.90 Å². The van der Waals surface area contributed by atoms with E-state index in [2.05, 4.69) is 120 Å². The van der Waals surface area contributed by atoms with E-state index in [1.165, 1.54) is 61.2 Å². The Kier molecular flexibility index (Phi) is 5.10. The van der Waals surface area contributed by atoms with Crippen molar-refractivity contribution < 1.29 is 4.42 Å². The van der Waals surface area contributed by atoms with Crippen LogP contribution in [0.5, 0.6) is 0 Å². The number of hydrogen-bond donors (Lipinski definition) is 0. The molecule has 5 aromatic rings. The van der Waals surface area contributed by atoms with Crippen LogP contribution in [0.2, 0.25) is 0 Å². The molecular weight excluding hydrogens is 534 g/mol. The molecule has 44 heavy (non-hydrogen) atoms. The van der Waals surface area contributed by atoms with E-state index in [1.54, 1.807) is 11.1 Å². The van der Waals surface area contributed by atoms with E-state index in [9.17, 15) is 0 Å². The van der Waals surface area contributed by atoms with Crippen LogP contribution in [0.25, 0.3) is 44.9 Å². The number of furan rings is 1. The molecule has 0 N–H and O–H groups in total. The van der Waals surface area contributed by atoms with Crippen molar-refractivity contribution in [3.05, 3.63) is 148 Å². The smallest absolute Gasteiger partial charge is 0.135 e. The van der Waals surface area contributed by atoms with Gasteiger partial charge >= 0.3 is 0 Å². The second kappa shape index (κ2) is 9.21. The first-order valence-corrected chi connectivity index (χ1v) is 16.0. The van der Waals surface area contributed by atoms with E-state index in [0.29, 0.717) is 0 Å².